The summed E-state index contributed by atoms with van der Waals surface area (Å²) in [5.41, 5.74) is 2.17. The third-order valence-corrected chi connectivity index (χ3v) is 5.85. The third kappa shape index (κ3) is 4.19. The number of fused-ring (bicyclic) bond motifs is 1. The number of ether oxygens (including phenoxy) is 1. The smallest absolute Gasteiger partial charge is 0.338 e. The summed E-state index contributed by atoms with van der Waals surface area (Å²) < 4.78 is 5.15. The van der Waals surface area contributed by atoms with Gasteiger partial charge >= 0.3 is 5.97 Å². The van der Waals surface area contributed by atoms with E-state index in [-0.39, 0.29) is 29.2 Å². The quantitative estimate of drug-likeness (QED) is 0.428. The lowest BCUT2D eigenvalue weighted by atomic mass is 9.85. The van der Waals surface area contributed by atoms with E-state index in [1.165, 1.54) is 12.1 Å². The van der Waals surface area contributed by atoms with Crippen LogP contribution in [0.1, 0.15) is 35.7 Å². The van der Waals surface area contributed by atoms with Crippen LogP contribution in [0, 0.1) is 11.8 Å². The van der Waals surface area contributed by atoms with Crippen LogP contribution in [0.5, 0.6) is 0 Å². The second-order valence-corrected chi connectivity index (χ2v) is 7.85. The predicted molar refractivity (Wildman–Crippen MR) is 119 cm³/mol. The van der Waals surface area contributed by atoms with Crippen molar-refractivity contribution in [2.24, 2.45) is 11.8 Å². The Labute approximate surface area is 186 Å². The molecule has 7 nitrogen and oxygen atoms in total. The number of imide groups is 1. The van der Waals surface area contributed by atoms with Crippen LogP contribution < -0.4 is 10.2 Å². The van der Waals surface area contributed by atoms with Gasteiger partial charge in [-0.1, -0.05) is 43.3 Å². The number of hydrogen-bond donors (Lipinski definition) is 1. The minimum absolute atomic E-state index is 0.165. The van der Waals surface area contributed by atoms with Crippen LogP contribution in [-0.2, 0) is 25.5 Å². The molecule has 0 unspecified atom stereocenters. The van der Waals surface area contributed by atoms with E-state index in [1.54, 1.807) is 18.2 Å². The monoisotopic (exact) mass is 432 g/mol. The molecule has 3 amide bonds. The summed E-state index contributed by atoms with van der Waals surface area (Å²) in [5, 5.41) is 2.74. The molecule has 1 saturated heterocycles. The highest BCUT2D eigenvalue weighted by molar-refractivity contribution is 6.22. The summed E-state index contributed by atoms with van der Waals surface area (Å²) in [6.07, 6.45) is 5.70. The van der Waals surface area contributed by atoms with E-state index >= 15 is 0 Å². The van der Waals surface area contributed by atoms with E-state index < -0.39 is 18.5 Å². The zero-order valence-electron chi connectivity index (χ0n) is 17.7. The molecule has 1 N–H and O–H groups in total. The van der Waals surface area contributed by atoms with Crippen LogP contribution in [0.2, 0.25) is 0 Å². The molecule has 2 atom stereocenters. The van der Waals surface area contributed by atoms with E-state index in [0.717, 1.165) is 16.9 Å². The Morgan fingerprint density at radius 1 is 1.00 bits per heavy atom. The minimum atomic E-state index is -0.705. The van der Waals surface area contributed by atoms with Crippen LogP contribution >= 0.6 is 0 Å². The molecule has 0 saturated carbocycles. The SMILES string of the molecule is CCc1ccccc1NC(=O)COC(=O)c1cccc(N2C(=O)[C@H]3CC=CC[C@@H]3C2=O)c1. The average molecular weight is 432 g/mol. The molecule has 2 aliphatic rings. The van der Waals surface area contributed by atoms with Gasteiger partial charge in [0.25, 0.3) is 5.91 Å². The van der Waals surface area contributed by atoms with Crippen molar-refractivity contribution < 1.29 is 23.9 Å². The first kappa shape index (κ1) is 21.5. The van der Waals surface area contributed by atoms with Crippen LogP contribution in [0.3, 0.4) is 0 Å². The lowest BCUT2D eigenvalue weighted by Crippen LogP contribution is -2.31. The van der Waals surface area contributed by atoms with Crippen molar-refractivity contribution in [2.45, 2.75) is 26.2 Å². The van der Waals surface area contributed by atoms with Crippen LogP contribution in [0.4, 0.5) is 11.4 Å². The van der Waals surface area contributed by atoms with Crippen LogP contribution in [0.25, 0.3) is 0 Å². The summed E-state index contributed by atoms with van der Waals surface area (Å²) in [7, 11) is 0. The largest absolute Gasteiger partial charge is 0.452 e. The van der Waals surface area contributed by atoms with E-state index in [9.17, 15) is 19.2 Å². The Morgan fingerprint density at radius 2 is 1.69 bits per heavy atom. The van der Waals surface area contributed by atoms with Gasteiger partial charge in [0.15, 0.2) is 6.61 Å². The number of para-hydroxylation sites is 1. The molecule has 32 heavy (non-hydrogen) atoms. The predicted octanol–water partition coefficient (Wildman–Crippen LogP) is 3.50. The van der Waals surface area contributed by atoms with E-state index in [4.69, 9.17) is 4.74 Å². The number of rotatable bonds is 6. The standard InChI is InChI=1S/C25H24N2O5/c1-2-16-8-3-6-13-21(16)26-22(28)15-32-25(31)17-9-7-10-18(14-17)27-23(29)19-11-4-5-12-20(19)24(27)30/h3-10,13-14,19-20H,2,11-12,15H2,1H3,(H,26,28)/t19-,20-/m0/s1. The zero-order chi connectivity index (χ0) is 22.7. The fraction of sp³-hybridized carbons (Fsp3) is 0.280. The topological polar surface area (TPSA) is 92.8 Å². The number of benzene rings is 2. The first-order valence-corrected chi connectivity index (χ1v) is 10.7. The highest BCUT2D eigenvalue weighted by Gasteiger charge is 2.47. The van der Waals surface area contributed by atoms with Gasteiger partial charge < -0.3 is 10.1 Å². The van der Waals surface area contributed by atoms with Gasteiger partial charge in [0.1, 0.15) is 0 Å². The van der Waals surface area contributed by atoms with Crippen molar-refractivity contribution in [3.05, 3.63) is 71.8 Å². The normalized spacial score (nSPS) is 19.6. The molecular weight excluding hydrogens is 408 g/mol. The Balaban J connectivity index is 1.41. The highest BCUT2D eigenvalue weighted by atomic mass is 16.5. The number of nitrogens with one attached hydrogen (secondary N) is 1. The Kier molecular flexibility index (Phi) is 6.16. The number of anilines is 2. The van der Waals surface area contributed by atoms with Gasteiger partial charge in [-0.15, -0.1) is 0 Å². The third-order valence-electron chi connectivity index (χ3n) is 5.85. The van der Waals surface area contributed by atoms with Crippen molar-refractivity contribution >= 4 is 35.1 Å². The molecule has 1 fully saturated rings. The first-order valence-electron chi connectivity index (χ1n) is 10.7. The number of carbonyl (C=O) groups excluding carboxylic acids is 4. The highest BCUT2D eigenvalue weighted by Crippen LogP contribution is 2.37. The summed E-state index contributed by atoms with van der Waals surface area (Å²) in [5.74, 6) is -2.34. The average Bonchev–Trinajstić information content (AvgIpc) is 3.08. The van der Waals surface area contributed by atoms with Gasteiger partial charge in [-0.05, 0) is 49.1 Å². The molecule has 1 aliphatic carbocycles. The van der Waals surface area contributed by atoms with Crippen molar-refractivity contribution in [2.75, 3.05) is 16.8 Å². The maximum atomic E-state index is 12.8. The van der Waals surface area contributed by atoms with Crippen molar-refractivity contribution in [1.29, 1.82) is 0 Å². The van der Waals surface area contributed by atoms with Gasteiger partial charge in [0.2, 0.25) is 11.8 Å². The van der Waals surface area contributed by atoms with Crippen molar-refractivity contribution in [1.82, 2.24) is 0 Å². The number of allylic oxidation sites excluding steroid dienone is 2. The Hall–Kier alpha value is -3.74. The number of amides is 3. The number of aryl methyl sites for hydroxylation is 1. The molecule has 0 bridgehead atoms. The summed E-state index contributed by atoms with van der Waals surface area (Å²) in [4.78, 5) is 51.4. The number of nitrogens with zero attached hydrogens (tertiary/aromatic N) is 1. The maximum absolute atomic E-state index is 12.8. The van der Waals surface area contributed by atoms with E-state index in [0.29, 0.717) is 24.2 Å². The maximum Gasteiger partial charge on any atom is 0.338 e. The fourth-order valence-corrected chi connectivity index (χ4v) is 4.18. The lowest BCUT2D eigenvalue weighted by Gasteiger charge is -2.15. The van der Waals surface area contributed by atoms with Gasteiger partial charge in [0.05, 0.1) is 23.1 Å². The number of hydrogen-bond acceptors (Lipinski definition) is 5. The molecule has 0 spiro atoms. The van der Waals surface area contributed by atoms with Gasteiger partial charge in [0, 0.05) is 5.69 Å². The summed E-state index contributed by atoms with van der Waals surface area (Å²) in [6.45, 7) is 1.54. The molecule has 1 heterocycles. The van der Waals surface area contributed by atoms with Crippen molar-refractivity contribution in [3.8, 4) is 0 Å². The van der Waals surface area contributed by atoms with Gasteiger partial charge in [-0.2, -0.15) is 0 Å². The van der Waals surface area contributed by atoms with Crippen LogP contribution in [0.15, 0.2) is 60.7 Å². The van der Waals surface area contributed by atoms with Crippen molar-refractivity contribution in [3.63, 3.8) is 0 Å². The number of carbonyl (C=O) groups is 4. The minimum Gasteiger partial charge on any atom is -0.452 e. The Bertz CT molecular complexity index is 1080. The molecule has 4 rings (SSSR count). The lowest BCUT2D eigenvalue weighted by molar-refractivity contribution is -0.122. The van der Waals surface area contributed by atoms with E-state index in [2.05, 4.69) is 5.32 Å². The second-order valence-electron chi connectivity index (χ2n) is 7.85. The van der Waals surface area contributed by atoms with E-state index in [1.807, 2.05) is 37.3 Å². The molecular formula is C25H24N2O5. The molecule has 164 valence electrons. The van der Waals surface area contributed by atoms with Crippen LogP contribution in [-0.4, -0.2) is 30.3 Å². The fourth-order valence-electron chi connectivity index (χ4n) is 4.18. The summed E-state index contributed by atoms with van der Waals surface area (Å²) >= 11 is 0. The summed E-state index contributed by atoms with van der Waals surface area (Å²) in [6, 6.07) is 13.6. The zero-order valence-corrected chi connectivity index (χ0v) is 17.7. The Morgan fingerprint density at radius 3 is 2.38 bits per heavy atom. The molecule has 0 aromatic heterocycles. The number of esters is 1. The van der Waals surface area contributed by atoms with Gasteiger partial charge in [-0.25, -0.2) is 4.79 Å². The second kappa shape index (κ2) is 9.18. The molecule has 1 aliphatic heterocycles. The molecule has 7 heteroatoms. The molecule has 2 aromatic rings. The first-order chi connectivity index (χ1) is 15.5. The molecule has 0 radical (unpaired) electrons. The van der Waals surface area contributed by atoms with Gasteiger partial charge in [-0.3, -0.25) is 19.3 Å². The molecule has 2 aromatic carbocycles.